The third kappa shape index (κ3) is 4.40. The molecule has 0 unspecified atom stereocenters. The molecule has 16 heavy (non-hydrogen) atoms. The molecule has 92 valence electrons. The molecule has 7 heteroatoms. The molecular formula is C9H19N5OS. The minimum Gasteiger partial charge on any atom is -0.377 e. The van der Waals surface area contributed by atoms with Gasteiger partial charge < -0.3 is 10.2 Å². The summed E-state index contributed by atoms with van der Waals surface area (Å²) in [6.45, 7) is 6.36. The van der Waals surface area contributed by atoms with Crippen LogP contribution in [-0.4, -0.2) is 40.8 Å². The van der Waals surface area contributed by atoms with Crippen LogP contribution in [0, 0.1) is 0 Å². The molecular weight excluding hydrogens is 226 g/mol. The van der Waals surface area contributed by atoms with Crippen LogP contribution in [0.3, 0.4) is 0 Å². The SMILES string of the molecule is CC(C)OCCN(C)Cc1nnsc1NN. The Morgan fingerprint density at radius 1 is 1.56 bits per heavy atom. The van der Waals surface area contributed by atoms with Crippen LogP contribution in [0.4, 0.5) is 5.00 Å². The van der Waals surface area contributed by atoms with Crippen LogP contribution < -0.4 is 11.3 Å². The number of nitrogens with zero attached hydrogens (tertiary/aromatic N) is 3. The predicted octanol–water partition coefficient (Wildman–Crippen LogP) is 0.681. The Labute approximate surface area is 99.9 Å². The summed E-state index contributed by atoms with van der Waals surface area (Å²) in [4.78, 5) is 2.12. The van der Waals surface area contributed by atoms with Crippen molar-refractivity contribution in [1.82, 2.24) is 14.5 Å². The maximum Gasteiger partial charge on any atom is 0.148 e. The van der Waals surface area contributed by atoms with Crippen molar-refractivity contribution in [3.8, 4) is 0 Å². The van der Waals surface area contributed by atoms with Gasteiger partial charge in [0.2, 0.25) is 0 Å². The van der Waals surface area contributed by atoms with Gasteiger partial charge in [-0.3, -0.25) is 4.90 Å². The second-order valence-electron chi connectivity index (χ2n) is 3.85. The summed E-state index contributed by atoms with van der Waals surface area (Å²) < 4.78 is 9.32. The zero-order valence-corrected chi connectivity index (χ0v) is 10.8. The van der Waals surface area contributed by atoms with Crippen molar-refractivity contribution >= 4 is 16.5 Å². The zero-order valence-electron chi connectivity index (χ0n) is 9.93. The van der Waals surface area contributed by atoms with E-state index in [1.165, 1.54) is 11.5 Å². The molecule has 6 nitrogen and oxygen atoms in total. The smallest absolute Gasteiger partial charge is 0.148 e. The molecule has 0 aromatic carbocycles. The van der Waals surface area contributed by atoms with Crippen LogP contribution in [0.15, 0.2) is 0 Å². The number of likely N-dealkylation sites (N-methyl/N-ethyl adjacent to an activating group) is 1. The fraction of sp³-hybridized carbons (Fsp3) is 0.778. The second kappa shape index (κ2) is 6.74. The number of anilines is 1. The average molecular weight is 245 g/mol. The molecule has 1 aromatic heterocycles. The van der Waals surface area contributed by atoms with Gasteiger partial charge >= 0.3 is 0 Å². The molecule has 0 saturated heterocycles. The lowest BCUT2D eigenvalue weighted by atomic mass is 10.4. The zero-order chi connectivity index (χ0) is 12.0. The van der Waals surface area contributed by atoms with Gasteiger partial charge in [0.15, 0.2) is 0 Å². The quantitative estimate of drug-likeness (QED) is 0.543. The number of hydrogen-bond acceptors (Lipinski definition) is 7. The topological polar surface area (TPSA) is 76.3 Å². The Morgan fingerprint density at radius 2 is 2.31 bits per heavy atom. The maximum atomic E-state index is 5.47. The first-order valence-corrected chi connectivity index (χ1v) is 5.98. The molecule has 0 aliphatic carbocycles. The van der Waals surface area contributed by atoms with E-state index in [-0.39, 0.29) is 6.10 Å². The Balaban J connectivity index is 2.31. The van der Waals surface area contributed by atoms with E-state index in [2.05, 4.69) is 19.9 Å². The highest BCUT2D eigenvalue weighted by molar-refractivity contribution is 7.10. The van der Waals surface area contributed by atoms with Crippen LogP contribution >= 0.6 is 11.5 Å². The van der Waals surface area contributed by atoms with Crippen molar-refractivity contribution < 1.29 is 4.74 Å². The number of nitrogen functional groups attached to an aromatic ring is 1. The fourth-order valence-electron chi connectivity index (χ4n) is 1.20. The van der Waals surface area contributed by atoms with Crippen LogP contribution in [-0.2, 0) is 11.3 Å². The minimum absolute atomic E-state index is 0.274. The molecule has 0 aliphatic rings. The normalized spacial score (nSPS) is 11.4. The van der Waals surface area contributed by atoms with E-state index in [0.717, 1.165) is 30.4 Å². The largest absolute Gasteiger partial charge is 0.377 e. The number of rotatable bonds is 7. The molecule has 3 N–H and O–H groups in total. The van der Waals surface area contributed by atoms with E-state index in [1.807, 2.05) is 20.9 Å². The monoisotopic (exact) mass is 245 g/mol. The molecule has 1 heterocycles. The van der Waals surface area contributed by atoms with Gasteiger partial charge in [0.05, 0.1) is 12.7 Å². The highest BCUT2D eigenvalue weighted by atomic mass is 32.1. The van der Waals surface area contributed by atoms with E-state index in [9.17, 15) is 0 Å². The van der Waals surface area contributed by atoms with Gasteiger partial charge in [0.25, 0.3) is 0 Å². The first kappa shape index (κ1) is 13.3. The average Bonchev–Trinajstić information content (AvgIpc) is 2.64. The molecule has 0 fully saturated rings. The van der Waals surface area contributed by atoms with E-state index < -0.39 is 0 Å². The van der Waals surface area contributed by atoms with Gasteiger partial charge in [0, 0.05) is 24.6 Å². The van der Waals surface area contributed by atoms with Crippen molar-refractivity contribution in [2.24, 2.45) is 5.84 Å². The molecule has 0 saturated carbocycles. The summed E-state index contributed by atoms with van der Waals surface area (Å²) in [6, 6.07) is 0. The first-order valence-electron chi connectivity index (χ1n) is 5.21. The summed E-state index contributed by atoms with van der Waals surface area (Å²) in [5.74, 6) is 5.35. The molecule has 1 rings (SSSR count). The number of aromatic nitrogens is 2. The summed E-state index contributed by atoms with van der Waals surface area (Å²) >= 11 is 1.27. The van der Waals surface area contributed by atoms with Gasteiger partial charge in [-0.25, -0.2) is 5.84 Å². The standard InChI is InChI=1S/C9H19N5OS/c1-7(2)15-5-4-14(3)6-8-9(11-10)16-13-12-8/h7,11H,4-6,10H2,1-3H3. The molecule has 0 atom stereocenters. The van der Waals surface area contributed by atoms with Gasteiger partial charge in [-0.15, -0.1) is 5.10 Å². The molecule has 0 aliphatic heterocycles. The van der Waals surface area contributed by atoms with Gasteiger partial charge in [0.1, 0.15) is 10.7 Å². The number of nitrogens with two attached hydrogens (primary N) is 1. The lowest BCUT2D eigenvalue weighted by molar-refractivity contribution is 0.0625. The van der Waals surface area contributed by atoms with E-state index in [4.69, 9.17) is 10.6 Å². The van der Waals surface area contributed by atoms with Crippen LogP contribution in [0.2, 0.25) is 0 Å². The van der Waals surface area contributed by atoms with Crippen molar-refractivity contribution in [2.45, 2.75) is 26.5 Å². The molecule has 0 bridgehead atoms. The minimum atomic E-state index is 0.274. The van der Waals surface area contributed by atoms with E-state index in [1.54, 1.807) is 0 Å². The molecule has 0 spiro atoms. The number of nitrogens with one attached hydrogen (secondary N) is 1. The van der Waals surface area contributed by atoms with Gasteiger partial charge in [-0.2, -0.15) is 0 Å². The number of hydrazine groups is 1. The van der Waals surface area contributed by atoms with Crippen molar-refractivity contribution in [1.29, 1.82) is 0 Å². The molecule has 1 aromatic rings. The first-order chi connectivity index (χ1) is 7.63. The highest BCUT2D eigenvalue weighted by Gasteiger charge is 2.09. The maximum absolute atomic E-state index is 5.47. The number of ether oxygens (including phenoxy) is 1. The summed E-state index contributed by atoms with van der Waals surface area (Å²) in [5.41, 5.74) is 3.47. The second-order valence-corrected chi connectivity index (χ2v) is 4.60. The van der Waals surface area contributed by atoms with Gasteiger partial charge in [-0.1, -0.05) is 4.49 Å². The van der Waals surface area contributed by atoms with Gasteiger partial charge in [-0.05, 0) is 20.9 Å². The summed E-state index contributed by atoms with van der Waals surface area (Å²) in [6.07, 6.45) is 0.274. The Morgan fingerprint density at radius 3 is 2.94 bits per heavy atom. The highest BCUT2D eigenvalue weighted by Crippen LogP contribution is 2.16. The Hall–Kier alpha value is -0.760. The summed E-state index contributed by atoms with van der Waals surface area (Å²) in [7, 11) is 2.02. The predicted molar refractivity (Wildman–Crippen MR) is 65.1 cm³/mol. The van der Waals surface area contributed by atoms with E-state index in [0.29, 0.717) is 0 Å². The van der Waals surface area contributed by atoms with Crippen LogP contribution in [0.25, 0.3) is 0 Å². The molecule has 0 amide bonds. The van der Waals surface area contributed by atoms with Crippen LogP contribution in [0.5, 0.6) is 0 Å². The number of hydrogen-bond donors (Lipinski definition) is 2. The van der Waals surface area contributed by atoms with Crippen molar-refractivity contribution in [2.75, 3.05) is 25.6 Å². The Bertz CT molecular complexity index is 304. The third-order valence-corrected chi connectivity index (χ3v) is 2.73. The van der Waals surface area contributed by atoms with Crippen LogP contribution in [0.1, 0.15) is 19.5 Å². The van der Waals surface area contributed by atoms with E-state index >= 15 is 0 Å². The lowest BCUT2D eigenvalue weighted by Crippen LogP contribution is -2.24. The molecule has 0 radical (unpaired) electrons. The lowest BCUT2D eigenvalue weighted by Gasteiger charge is -2.16. The third-order valence-electron chi connectivity index (χ3n) is 2.03. The fourth-order valence-corrected chi connectivity index (χ4v) is 1.69. The van der Waals surface area contributed by atoms with Crippen molar-refractivity contribution in [3.05, 3.63) is 5.69 Å². The Kier molecular flexibility index (Phi) is 5.61. The van der Waals surface area contributed by atoms with Crippen molar-refractivity contribution in [3.63, 3.8) is 0 Å². The summed E-state index contributed by atoms with van der Waals surface area (Å²) in [5, 5.41) is 4.83.